The van der Waals surface area contributed by atoms with Crippen molar-refractivity contribution in [1.82, 2.24) is 4.57 Å². The summed E-state index contributed by atoms with van der Waals surface area (Å²) < 4.78 is 6.75. The molecule has 0 fully saturated rings. The predicted molar refractivity (Wildman–Crippen MR) is 125 cm³/mol. The van der Waals surface area contributed by atoms with E-state index in [4.69, 9.17) is 4.74 Å². The topological polar surface area (TPSA) is 109 Å². The first-order valence-electron chi connectivity index (χ1n) is 10.9. The summed E-state index contributed by atoms with van der Waals surface area (Å²) in [5.41, 5.74) is 1.62. The first kappa shape index (κ1) is 23.1. The number of nitrogens with zero attached hydrogens (tertiary/aromatic N) is 2. The minimum Gasteiger partial charge on any atom is -0.457 e. The molecular weight excluding hydrogens is 436 g/mol. The van der Waals surface area contributed by atoms with Gasteiger partial charge < -0.3 is 4.74 Å². The minimum absolute atomic E-state index is 0.128. The maximum atomic E-state index is 13.5. The number of aryl methyl sites for hydroxylation is 1. The van der Waals surface area contributed by atoms with Crippen molar-refractivity contribution >= 4 is 17.4 Å². The van der Waals surface area contributed by atoms with Crippen molar-refractivity contribution in [2.75, 3.05) is 0 Å². The second kappa shape index (κ2) is 8.70. The fourth-order valence-corrected chi connectivity index (χ4v) is 4.21. The largest absolute Gasteiger partial charge is 0.457 e. The maximum Gasteiger partial charge on any atom is 0.344 e. The molecule has 0 unspecified atom stereocenters. The number of hydrogen-bond donors (Lipinski definition) is 0. The molecule has 0 spiro atoms. The van der Waals surface area contributed by atoms with Crippen LogP contribution in [-0.2, 0) is 17.8 Å². The minimum atomic E-state index is -0.891. The van der Waals surface area contributed by atoms with Crippen molar-refractivity contribution in [3.05, 3.63) is 103 Å². The average Bonchev–Trinajstić information content (AvgIpc) is 2.77. The Kier molecular flexibility index (Phi) is 5.91. The van der Waals surface area contributed by atoms with E-state index >= 15 is 0 Å². The Labute approximate surface area is 196 Å². The van der Waals surface area contributed by atoms with Crippen LogP contribution in [0.1, 0.15) is 57.8 Å². The Hall–Kier alpha value is -4.07. The summed E-state index contributed by atoms with van der Waals surface area (Å²) in [6, 6.07) is 14.3. The molecule has 0 amide bonds. The van der Waals surface area contributed by atoms with Crippen LogP contribution in [0.15, 0.2) is 59.4 Å². The quantitative estimate of drug-likeness (QED) is 0.314. The maximum absolute atomic E-state index is 13.5. The molecule has 174 valence electrons. The number of benzene rings is 2. The van der Waals surface area contributed by atoms with E-state index in [9.17, 15) is 24.5 Å². The number of carbonyl (C=O) groups excluding carboxylic acids is 2. The van der Waals surface area contributed by atoms with Crippen molar-refractivity contribution in [2.24, 2.45) is 5.41 Å². The van der Waals surface area contributed by atoms with Crippen molar-refractivity contribution in [3.8, 4) is 5.69 Å². The zero-order valence-electron chi connectivity index (χ0n) is 19.2. The number of ketones is 1. The lowest BCUT2D eigenvalue weighted by Crippen LogP contribution is -2.36. The van der Waals surface area contributed by atoms with Gasteiger partial charge in [0.25, 0.3) is 11.2 Å². The third-order valence-electron chi connectivity index (χ3n) is 5.89. The van der Waals surface area contributed by atoms with Gasteiger partial charge in [0.05, 0.1) is 4.92 Å². The normalized spacial score (nSPS) is 14.4. The highest BCUT2D eigenvalue weighted by atomic mass is 16.6. The summed E-state index contributed by atoms with van der Waals surface area (Å²) in [4.78, 5) is 49.9. The molecule has 1 aromatic heterocycles. The van der Waals surface area contributed by atoms with Crippen LogP contribution in [0.5, 0.6) is 0 Å². The lowest BCUT2D eigenvalue weighted by molar-refractivity contribution is -0.384. The number of aromatic nitrogens is 1. The average molecular weight is 460 g/mol. The number of pyridine rings is 1. The van der Waals surface area contributed by atoms with Gasteiger partial charge in [-0.05, 0) is 42.5 Å². The Morgan fingerprint density at radius 1 is 1.09 bits per heavy atom. The monoisotopic (exact) mass is 460 g/mol. The number of fused-ring (bicyclic) bond motifs is 1. The zero-order valence-corrected chi connectivity index (χ0v) is 19.2. The van der Waals surface area contributed by atoms with Gasteiger partial charge in [-0.15, -0.1) is 0 Å². The highest BCUT2D eigenvalue weighted by molar-refractivity contribution is 6.01. The van der Waals surface area contributed by atoms with Crippen LogP contribution in [-0.4, -0.2) is 21.2 Å². The van der Waals surface area contributed by atoms with E-state index in [0.717, 1.165) is 5.56 Å². The molecule has 8 heteroatoms. The number of non-ortho nitro benzene ring substituents is 1. The summed E-state index contributed by atoms with van der Waals surface area (Å²) in [5, 5.41) is 11.0. The second-order valence-corrected chi connectivity index (χ2v) is 9.34. The molecule has 0 atom stereocenters. The number of esters is 1. The van der Waals surface area contributed by atoms with Gasteiger partial charge in [-0.25, -0.2) is 4.79 Å². The van der Waals surface area contributed by atoms with E-state index in [0.29, 0.717) is 35.3 Å². The van der Waals surface area contributed by atoms with Gasteiger partial charge in [-0.3, -0.25) is 24.3 Å². The van der Waals surface area contributed by atoms with E-state index in [2.05, 4.69) is 0 Å². The standard InChI is InChI=1S/C26H24N2O6/c1-16-7-9-18(10-8-16)27-22-13-26(2,3)14-23(29)20(22)12-21(24(27)30)25(31)34-15-17-5-4-6-19(11-17)28(32)33/h4-12H,13-15H2,1-3H3. The van der Waals surface area contributed by atoms with Crippen molar-refractivity contribution < 1.29 is 19.2 Å². The van der Waals surface area contributed by atoms with Crippen molar-refractivity contribution in [2.45, 2.75) is 40.2 Å². The molecule has 1 aliphatic carbocycles. The molecule has 0 radical (unpaired) electrons. The molecular formula is C26H24N2O6. The molecule has 1 aliphatic rings. The number of Topliss-reactive ketones (excluding diaryl/α,β-unsaturated/α-hetero) is 1. The van der Waals surface area contributed by atoms with Gasteiger partial charge >= 0.3 is 5.97 Å². The third-order valence-corrected chi connectivity index (χ3v) is 5.89. The van der Waals surface area contributed by atoms with Crippen molar-refractivity contribution in [1.29, 1.82) is 0 Å². The van der Waals surface area contributed by atoms with E-state index in [1.54, 1.807) is 18.2 Å². The fourth-order valence-electron chi connectivity index (χ4n) is 4.21. The zero-order chi connectivity index (χ0) is 24.6. The molecule has 0 bridgehead atoms. The molecule has 3 aromatic rings. The molecule has 4 rings (SSSR count). The second-order valence-electron chi connectivity index (χ2n) is 9.34. The molecule has 8 nitrogen and oxygen atoms in total. The van der Waals surface area contributed by atoms with Crippen LogP contribution in [0.25, 0.3) is 5.69 Å². The summed E-state index contributed by atoms with van der Waals surface area (Å²) >= 11 is 0. The summed E-state index contributed by atoms with van der Waals surface area (Å²) in [6.07, 6.45) is 0.800. The van der Waals surface area contributed by atoms with Crippen LogP contribution in [0.2, 0.25) is 0 Å². The molecule has 0 saturated carbocycles. The number of nitro groups is 1. The Balaban J connectivity index is 1.76. The van der Waals surface area contributed by atoms with Gasteiger partial charge in [0, 0.05) is 35.5 Å². The first-order valence-corrected chi connectivity index (χ1v) is 10.9. The smallest absolute Gasteiger partial charge is 0.344 e. The summed E-state index contributed by atoms with van der Waals surface area (Å²) in [6.45, 7) is 5.62. The van der Waals surface area contributed by atoms with Gasteiger partial charge in [0.2, 0.25) is 0 Å². The van der Waals surface area contributed by atoms with Gasteiger partial charge in [0.1, 0.15) is 12.2 Å². The fraction of sp³-hybridized carbons (Fsp3) is 0.269. The summed E-state index contributed by atoms with van der Waals surface area (Å²) in [5.74, 6) is -1.03. The Morgan fingerprint density at radius 2 is 1.79 bits per heavy atom. The number of ether oxygens (including phenoxy) is 1. The number of carbonyl (C=O) groups is 2. The highest BCUT2D eigenvalue weighted by Gasteiger charge is 2.35. The van der Waals surface area contributed by atoms with Crippen LogP contribution >= 0.6 is 0 Å². The molecule has 0 N–H and O–H groups in total. The van der Waals surface area contributed by atoms with E-state index < -0.39 is 16.5 Å². The van der Waals surface area contributed by atoms with Gasteiger partial charge in [0.15, 0.2) is 5.78 Å². The Bertz CT molecular complexity index is 1370. The van der Waals surface area contributed by atoms with E-state index in [1.807, 2.05) is 32.9 Å². The molecule has 34 heavy (non-hydrogen) atoms. The van der Waals surface area contributed by atoms with Crippen LogP contribution in [0.3, 0.4) is 0 Å². The number of hydrogen-bond acceptors (Lipinski definition) is 6. The third kappa shape index (κ3) is 4.52. The molecule has 0 saturated heterocycles. The lowest BCUT2D eigenvalue weighted by atomic mass is 9.75. The predicted octanol–water partition coefficient (Wildman–Crippen LogP) is 4.57. The lowest BCUT2D eigenvalue weighted by Gasteiger charge is -2.32. The first-order chi connectivity index (χ1) is 16.1. The SMILES string of the molecule is Cc1ccc(-n2c3c(cc(C(=O)OCc4cccc([N+](=O)[O-])c4)c2=O)C(=O)CC(C)(C)C3)cc1. The molecule has 2 aromatic carbocycles. The van der Waals surface area contributed by atoms with Gasteiger partial charge in [-0.1, -0.05) is 43.7 Å². The molecule has 0 aliphatic heterocycles. The van der Waals surface area contributed by atoms with Crippen molar-refractivity contribution in [3.63, 3.8) is 0 Å². The van der Waals surface area contributed by atoms with Crippen LogP contribution < -0.4 is 5.56 Å². The van der Waals surface area contributed by atoms with E-state index in [1.165, 1.54) is 28.8 Å². The Morgan fingerprint density at radius 3 is 2.47 bits per heavy atom. The van der Waals surface area contributed by atoms with Crippen LogP contribution in [0.4, 0.5) is 5.69 Å². The van der Waals surface area contributed by atoms with Gasteiger partial charge in [-0.2, -0.15) is 0 Å². The number of rotatable bonds is 5. The number of nitro benzene ring substituents is 1. The van der Waals surface area contributed by atoms with E-state index in [-0.39, 0.29) is 29.1 Å². The summed E-state index contributed by atoms with van der Waals surface area (Å²) in [7, 11) is 0. The van der Waals surface area contributed by atoms with Crippen LogP contribution in [0, 0.1) is 22.5 Å². The highest BCUT2D eigenvalue weighted by Crippen LogP contribution is 2.35. The molecule has 1 heterocycles.